The van der Waals surface area contributed by atoms with Crippen LogP contribution >= 0.6 is 0 Å². The Balaban J connectivity index is 2.01. The third-order valence-electron chi connectivity index (χ3n) is 3.51. The second-order valence-electron chi connectivity index (χ2n) is 4.66. The number of carbonyl (C=O) groups excluding carboxylic acids is 1. The number of rotatable bonds is 2. The SMILES string of the molecule is O=C(O)C1c2ccccc2CCN1C(=O)c1ccn[nH]1. The fourth-order valence-electron chi connectivity index (χ4n) is 2.58. The summed E-state index contributed by atoms with van der Waals surface area (Å²) < 4.78 is 0. The second kappa shape index (κ2) is 4.80. The van der Waals surface area contributed by atoms with Crippen LogP contribution in [0.2, 0.25) is 0 Å². The van der Waals surface area contributed by atoms with Gasteiger partial charge in [0.1, 0.15) is 5.69 Å². The molecular weight excluding hydrogens is 258 g/mol. The normalized spacial score (nSPS) is 17.6. The van der Waals surface area contributed by atoms with Crippen molar-refractivity contribution in [1.29, 1.82) is 0 Å². The molecule has 0 saturated carbocycles. The minimum absolute atomic E-state index is 0.302. The molecular formula is C14H13N3O3. The van der Waals surface area contributed by atoms with Crippen LogP contribution < -0.4 is 0 Å². The van der Waals surface area contributed by atoms with E-state index in [1.807, 2.05) is 12.1 Å². The molecule has 2 aromatic rings. The summed E-state index contributed by atoms with van der Waals surface area (Å²) in [4.78, 5) is 25.3. The van der Waals surface area contributed by atoms with Gasteiger partial charge in [-0.25, -0.2) is 4.79 Å². The maximum absolute atomic E-state index is 12.4. The number of nitrogens with one attached hydrogen (secondary N) is 1. The maximum atomic E-state index is 12.4. The van der Waals surface area contributed by atoms with Gasteiger partial charge < -0.3 is 10.0 Å². The minimum Gasteiger partial charge on any atom is -0.479 e. The lowest BCUT2D eigenvalue weighted by Gasteiger charge is -2.34. The molecule has 0 fully saturated rings. The first-order chi connectivity index (χ1) is 9.68. The Morgan fingerprint density at radius 1 is 1.30 bits per heavy atom. The van der Waals surface area contributed by atoms with Gasteiger partial charge in [-0.3, -0.25) is 9.89 Å². The van der Waals surface area contributed by atoms with E-state index >= 15 is 0 Å². The van der Waals surface area contributed by atoms with Gasteiger partial charge in [-0.15, -0.1) is 0 Å². The first-order valence-corrected chi connectivity index (χ1v) is 6.29. The Bertz CT molecular complexity index is 651. The van der Waals surface area contributed by atoms with E-state index in [-0.39, 0.29) is 5.91 Å². The van der Waals surface area contributed by atoms with E-state index in [0.29, 0.717) is 24.2 Å². The molecule has 0 bridgehead atoms. The summed E-state index contributed by atoms with van der Waals surface area (Å²) in [5.74, 6) is -1.37. The van der Waals surface area contributed by atoms with E-state index in [9.17, 15) is 14.7 Å². The molecule has 0 aliphatic carbocycles. The predicted octanol–water partition coefficient (Wildman–Crippen LogP) is 1.23. The van der Waals surface area contributed by atoms with Gasteiger partial charge in [0.2, 0.25) is 0 Å². The number of carbonyl (C=O) groups is 2. The van der Waals surface area contributed by atoms with E-state index in [0.717, 1.165) is 5.56 Å². The molecule has 1 unspecified atom stereocenters. The molecule has 1 aliphatic rings. The first-order valence-electron chi connectivity index (χ1n) is 6.29. The number of carboxylic acids is 1. The molecule has 2 N–H and O–H groups in total. The summed E-state index contributed by atoms with van der Waals surface area (Å²) in [6, 6.07) is 7.94. The predicted molar refractivity (Wildman–Crippen MR) is 70.1 cm³/mol. The van der Waals surface area contributed by atoms with Crippen molar-refractivity contribution in [2.45, 2.75) is 12.5 Å². The van der Waals surface area contributed by atoms with Gasteiger partial charge in [-0.1, -0.05) is 24.3 Å². The largest absolute Gasteiger partial charge is 0.479 e. The molecule has 1 aromatic heterocycles. The van der Waals surface area contributed by atoms with E-state index in [1.54, 1.807) is 18.2 Å². The molecule has 20 heavy (non-hydrogen) atoms. The number of H-pyrrole nitrogens is 1. The summed E-state index contributed by atoms with van der Waals surface area (Å²) in [7, 11) is 0. The van der Waals surface area contributed by atoms with Crippen molar-refractivity contribution in [3.63, 3.8) is 0 Å². The number of aromatic nitrogens is 2. The highest BCUT2D eigenvalue weighted by Crippen LogP contribution is 2.30. The fourth-order valence-corrected chi connectivity index (χ4v) is 2.58. The molecule has 1 aromatic carbocycles. The van der Waals surface area contributed by atoms with Gasteiger partial charge in [0.15, 0.2) is 6.04 Å². The number of hydrogen-bond donors (Lipinski definition) is 2. The van der Waals surface area contributed by atoms with Gasteiger partial charge in [-0.05, 0) is 23.6 Å². The Labute approximate surface area is 115 Å². The highest BCUT2D eigenvalue weighted by Gasteiger charge is 2.36. The van der Waals surface area contributed by atoms with E-state index in [4.69, 9.17) is 0 Å². The van der Waals surface area contributed by atoms with Crippen molar-refractivity contribution in [3.05, 3.63) is 53.3 Å². The third-order valence-corrected chi connectivity index (χ3v) is 3.51. The van der Waals surface area contributed by atoms with Gasteiger partial charge in [0, 0.05) is 12.7 Å². The highest BCUT2D eigenvalue weighted by molar-refractivity contribution is 5.95. The monoisotopic (exact) mass is 271 g/mol. The minimum atomic E-state index is -1.02. The average molecular weight is 271 g/mol. The van der Waals surface area contributed by atoms with Crippen LogP contribution in [-0.2, 0) is 11.2 Å². The fraction of sp³-hybridized carbons (Fsp3) is 0.214. The maximum Gasteiger partial charge on any atom is 0.331 e. The summed E-state index contributed by atoms with van der Waals surface area (Å²) in [5.41, 5.74) is 1.96. The lowest BCUT2D eigenvalue weighted by molar-refractivity contribution is -0.143. The molecule has 0 radical (unpaired) electrons. The third kappa shape index (κ3) is 1.95. The molecule has 3 rings (SSSR count). The molecule has 2 heterocycles. The number of nitrogens with zero attached hydrogens (tertiary/aromatic N) is 2. The lowest BCUT2D eigenvalue weighted by atomic mass is 9.92. The van der Waals surface area contributed by atoms with Gasteiger partial charge in [0.25, 0.3) is 5.91 Å². The zero-order chi connectivity index (χ0) is 14.1. The number of aromatic amines is 1. The Hall–Kier alpha value is -2.63. The first kappa shape index (κ1) is 12.4. The van der Waals surface area contributed by atoms with Crippen molar-refractivity contribution >= 4 is 11.9 Å². The molecule has 1 atom stereocenters. The van der Waals surface area contributed by atoms with Gasteiger partial charge in [-0.2, -0.15) is 5.10 Å². The van der Waals surface area contributed by atoms with Crippen LogP contribution in [0.15, 0.2) is 36.5 Å². The molecule has 102 valence electrons. The number of carboxylic acid groups (broad SMARTS) is 1. The van der Waals surface area contributed by atoms with Crippen molar-refractivity contribution in [1.82, 2.24) is 15.1 Å². The Morgan fingerprint density at radius 3 is 2.80 bits per heavy atom. The van der Waals surface area contributed by atoms with Crippen LogP contribution in [0.3, 0.4) is 0 Å². The van der Waals surface area contributed by atoms with Crippen LogP contribution in [0.5, 0.6) is 0 Å². The van der Waals surface area contributed by atoms with E-state index in [1.165, 1.54) is 11.1 Å². The van der Waals surface area contributed by atoms with E-state index < -0.39 is 12.0 Å². The lowest BCUT2D eigenvalue weighted by Crippen LogP contribution is -2.43. The number of benzene rings is 1. The van der Waals surface area contributed by atoms with Crippen molar-refractivity contribution in [2.75, 3.05) is 6.54 Å². The van der Waals surface area contributed by atoms with Gasteiger partial charge >= 0.3 is 5.97 Å². The van der Waals surface area contributed by atoms with Crippen LogP contribution in [-0.4, -0.2) is 38.6 Å². The number of amides is 1. The number of fused-ring (bicyclic) bond motifs is 1. The van der Waals surface area contributed by atoms with Crippen molar-refractivity contribution < 1.29 is 14.7 Å². The molecule has 0 spiro atoms. The van der Waals surface area contributed by atoms with Crippen molar-refractivity contribution in [2.24, 2.45) is 0 Å². The standard InChI is InChI=1S/C14H13N3O3/c18-13(11-5-7-15-16-11)17-8-6-9-3-1-2-4-10(9)12(17)14(19)20/h1-5,7,12H,6,8H2,(H,15,16)(H,19,20). The van der Waals surface area contributed by atoms with Crippen molar-refractivity contribution in [3.8, 4) is 0 Å². The van der Waals surface area contributed by atoms with E-state index in [2.05, 4.69) is 10.2 Å². The summed E-state index contributed by atoms with van der Waals surface area (Å²) in [5, 5.41) is 15.8. The molecule has 6 heteroatoms. The summed E-state index contributed by atoms with van der Waals surface area (Å²) in [6.45, 7) is 0.381. The summed E-state index contributed by atoms with van der Waals surface area (Å²) >= 11 is 0. The molecule has 0 saturated heterocycles. The van der Waals surface area contributed by atoms with Crippen LogP contribution in [0.25, 0.3) is 0 Å². The smallest absolute Gasteiger partial charge is 0.331 e. The molecule has 6 nitrogen and oxygen atoms in total. The topological polar surface area (TPSA) is 86.3 Å². The zero-order valence-corrected chi connectivity index (χ0v) is 10.6. The number of aliphatic carboxylic acids is 1. The number of hydrogen-bond acceptors (Lipinski definition) is 3. The second-order valence-corrected chi connectivity index (χ2v) is 4.66. The highest BCUT2D eigenvalue weighted by atomic mass is 16.4. The molecule has 1 amide bonds. The average Bonchev–Trinajstić information content (AvgIpc) is 2.99. The molecule has 1 aliphatic heterocycles. The summed E-state index contributed by atoms with van der Waals surface area (Å²) in [6.07, 6.45) is 2.13. The van der Waals surface area contributed by atoms with Crippen LogP contribution in [0, 0.1) is 0 Å². The Kier molecular flexibility index (Phi) is 2.98. The van der Waals surface area contributed by atoms with Crippen LogP contribution in [0.4, 0.5) is 0 Å². The van der Waals surface area contributed by atoms with Gasteiger partial charge in [0.05, 0.1) is 0 Å². The Morgan fingerprint density at radius 2 is 2.10 bits per heavy atom. The zero-order valence-electron chi connectivity index (χ0n) is 10.6. The van der Waals surface area contributed by atoms with Crippen LogP contribution in [0.1, 0.15) is 27.7 Å². The quantitative estimate of drug-likeness (QED) is 0.860.